The molecule has 0 aliphatic carbocycles. The van der Waals surface area contributed by atoms with Gasteiger partial charge in [0, 0.05) is 55.4 Å². The van der Waals surface area contributed by atoms with E-state index in [-0.39, 0.29) is 11.7 Å². The summed E-state index contributed by atoms with van der Waals surface area (Å²) in [5, 5.41) is 2.62. The van der Waals surface area contributed by atoms with Gasteiger partial charge in [0.15, 0.2) is 0 Å². The molecule has 0 aliphatic heterocycles. The third-order valence-corrected chi connectivity index (χ3v) is 5.02. The molecule has 0 fully saturated rings. The van der Waals surface area contributed by atoms with E-state index < -0.39 is 0 Å². The average molecular weight is 387 g/mol. The Morgan fingerprint density at radius 1 is 1.18 bits per heavy atom. The van der Waals surface area contributed by atoms with Crippen molar-refractivity contribution in [3.05, 3.63) is 58.4 Å². The van der Waals surface area contributed by atoms with Crippen LogP contribution in [0.1, 0.15) is 44.1 Å². The first-order valence-electron chi connectivity index (χ1n) is 9.68. The largest absolute Gasteiger partial charge is 0.385 e. The SMILES string of the molecule is CNC(=O)c1ccc(C[NH+](C)CC(=O)c2cc(C)n(CCCOC)c2C)cc1. The van der Waals surface area contributed by atoms with Gasteiger partial charge >= 0.3 is 0 Å². The smallest absolute Gasteiger partial charge is 0.251 e. The number of hydrogen-bond donors (Lipinski definition) is 2. The predicted octanol–water partition coefficient (Wildman–Crippen LogP) is 1.40. The fourth-order valence-electron chi connectivity index (χ4n) is 3.49. The Hall–Kier alpha value is -2.44. The number of nitrogens with one attached hydrogen (secondary N) is 2. The number of likely N-dealkylation sites (N-methyl/N-ethyl adjacent to an activating group) is 1. The van der Waals surface area contributed by atoms with Crippen molar-refractivity contribution in [1.82, 2.24) is 9.88 Å². The van der Waals surface area contributed by atoms with Gasteiger partial charge in [0.25, 0.3) is 5.91 Å². The minimum Gasteiger partial charge on any atom is -0.385 e. The van der Waals surface area contributed by atoms with Crippen molar-refractivity contribution in [3.8, 4) is 0 Å². The lowest BCUT2D eigenvalue weighted by Gasteiger charge is -2.14. The van der Waals surface area contributed by atoms with E-state index >= 15 is 0 Å². The second-order valence-corrected chi connectivity index (χ2v) is 7.29. The molecule has 2 aromatic rings. The first-order chi connectivity index (χ1) is 13.4. The van der Waals surface area contributed by atoms with E-state index in [9.17, 15) is 9.59 Å². The van der Waals surface area contributed by atoms with Gasteiger partial charge in [-0.15, -0.1) is 0 Å². The van der Waals surface area contributed by atoms with Gasteiger partial charge in [-0.2, -0.15) is 0 Å². The molecule has 0 saturated heterocycles. The van der Waals surface area contributed by atoms with Crippen LogP contribution >= 0.6 is 0 Å². The summed E-state index contributed by atoms with van der Waals surface area (Å²) in [6.45, 7) is 6.79. The Morgan fingerprint density at radius 2 is 1.86 bits per heavy atom. The topological polar surface area (TPSA) is 64.8 Å². The number of aromatic nitrogens is 1. The van der Waals surface area contributed by atoms with Crippen molar-refractivity contribution in [2.75, 3.05) is 34.4 Å². The van der Waals surface area contributed by atoms with Crippen molar-refractivity contribution in [2.24, 2.45) is 0 Å². The lowest BCUT2D eigenvalue weighted by atomic mass is 10.1. The van der Waals surface area contributed by atoms with Gasteiger partial charge in [-0.25, -0.2) is 0 Å². The Bertz CT molecular complexity index is 809. The monoisotopic (exact) mass is 386 g/mol. The molecule has 1 heterocycles. The quantitative estimate of drug-likeness (QED) is 0.479. The molecule has 1 aromatic carbocycles. The molecule has 1 aromatic heterocycles. The molecule has 1 amide bonds. The molecular formula is C22H32N3O3+. The predicted molar refractivity (Wildman–Crippen MR) is 110 cm³/mol. The maximum atomic E-state index is 12.8. The molecule has 0 aliphatic rings. The van der Waals surface area contributed by atoms with Gasteiger partial charge in [0.2, 0.25) is 5.78 Å². The van der Waals surface area contributed by atoms with Crippen LogP contribution < -0.4 is 10.2 Å². The zero-order chi connectivity index (χ0) is 20.7. The summed E-state index contributed by atoms with van der Waals surface area (Å²) >= 11 is 0. The van der Waals surface area contributed by atoms with Gasteiger partial charge in [0.1, 0.15) is 13.1 Å². The van der Waals surface area contributed by atoms with Crippen LogP contribution in [0.2, 0.25) is 0 Å². The summed E-state index contributed by atoms with van der Waals surface area (Å²) < 4.78 is 7.32. The number of Topliss-reactive ketones (excluding diaryl/α,β-unsaturated/α-hetero) is 1. The number of methoxy groups -OCH3 is 1. The molecule has 1 unspecified atom stereocenters. The molecule has 1 atom stereocenters. The van der Waals surface area contributed by atoms with Crippen LogP contribution in [-0.2, 0) is 17.8 Å². The Kier molecular flexibility index (Phi) is 7.96. The van der Waals surface area contributed by atoms with E-state index in [1.54, 1.807) is 14.2 Å². The van der Waals surface area contributed by atoms with Crippen molar-refractivity contribution in [2.45, 2.75) is 33.4 Å². The normalized spacial score (nSPS) is 12.0. The lowest BCUT2D eigenvalue weighted by Crippen LogP contribution is -3.08. The van der Waals surface area contributed by atoms with Crippen LogP contribution in [0.25, 0.3) is 0 Å². The number of carbonyl (C=O) groups excluding carboxylic acids is 2. The summed E-state index contributed by atoms with van der Waals surface area (Å²) in [7, 11) is 5.34. The van der Waals surface area contributed by atoms with Crippen LogP contribution in [-0.4, -0.2) is 50.6 Å². The molecule has 0 radical (unpaired) electrons. The number of nitrogens with zero attached hydrogens (tertiary/aromatic N) is 1. The van der Waals surface area contributed by atoms with Crippen LogP contribution in [0, 0.1) is 13.8 Å². The van der Waals surface area contributed by atoms with Crippen molar-refractivity contribution in [3.63, 3.8) is 0 Å². The standard InChI is InChI=1S/C22H31N3O3/c1-16-13-20(17(2)25(16)11-6-12-28-5)21(26)15-24(4)14-18-7-9-19(10-8-18)22(27)23-3/h7-10,13H,6,11-12,14-15H2,1-5H3,(H,23,27)/p+1. The Balaban J connectivity index is 1.98. The number of quaternary nitrogens is 1. The third-order valence-electron chi connectivity index (χ3n) is 5.02. The minimum atomic E-state index is -0.0942. The molecule has 2 rings (SSSR count). The highest BCUT2D eigenvalue weighted by Crippen LogP contribution is 2.16. The zero-order valence-electron chi connectivity index (χ0n) is 17.6. The van der Waals surface area contributed by atoms with Crippen LogP contribution in [0.4, 0.5) is 0 Å². The molecule has 2 N–H and O–H groups in total. The van der Waals surface area contributed by atoms with E-state index in [0.717, 1.165) is 46.9 Å². The van der Waals surface area contributed by atoms with Gasteiger partial charge in [0.05, 0.1) is 7.05 Å². The fourth-order valence-corrected chi connectivity index (χ4v) is 3.49. The minimum absolute atomic E-state index is 0.0942. The third kappa shape index (κ3) is 5.53. The molecule has 152 valence electrons. The molecule has 0 spiro atoms. The average Bonchev–Trinajstić information content (AvgIpc) is 2.96. The van der Waals surface area contributed by atoms with Crippen LogP contribution in [0.3, 0.4) is 0 Å². The highest BCUT2D eigenvalue weighted by molar-refractivity contribution is 5.98. The molecular weight excluding hydrogens is 354 g/mol. The summed E-state index contributed by atoms with van der Waals surface area (Å²) in [4.78, 5) is 25.6. The second kappa shape index (κ2) is 10.2. The maximum absolute atomic E-state index is 12.8. The molecule has 6 nitrogen and oxygen atoms in total. The van der Waals surface area contributed by atoms with E-state index in [2.05, 4.69) is 9.88 Å². The van der Waals surface area contributed by atoms with Crippen LogP contribution in [0.15, 0.2) is 30.3 Å². The number of ether oxygens (including phenoxy) is 1. The van der Waals surface area contributed by atoms with E-state index in [1.165, 1.54) is 0 Å². The Morgan fingerprint density at radius 3 is 2.46 bits per heavy atom. The number of aryl methyl sites for hydroxylation is 1. The first-order valence-corrected chi connectivity index (χ1v) is 9.68. The molecule has 28 heavy (non-hydrogen) atoms. The number of amides is 1. The Labute approximate surface area is 167 Å². The number of ketones is 1. The molecule has 0 saturated carbocycles. The van der Waals surface area contributed by atoms with Gasteiger partial charge in [-0.05, 0) is 38.5 Å². The summed E-state index contributed by atoms with van der Waals surface area (Å²) in [5.41, 5.74) is 4.69. The number of carbonyl (C=O) groups is 2. The lowest BCUT2D eigenvalue weighted by molar-refractivity contribution is -0.884. The van der Waals surface area contributed by atoms with E-state index in [1.807, 2.05) is 51.2 Å². The molecule has 0 bridgehead atoms. The fraction of sp³-hybridized carbons (Fsp3) is 0.455. The van der Waals surface area contributed by atoms with Gasteiger partial charge in [-0.1, -0.05) is 12.1 Å². The number of rotatable bonds is 10. The maximum Gasteiger partial charge on any atom is 0.251 e. The summed E-state index contributed by atoms with van der Waals surface area (Å²) in [6.07, 6.45) is 0.928. The first kappa shape index (κ1) is 21.9. The van der Waals surface area contributed by atoms with Crippen molar-refractivity contribution < 1.29 is 19.2 Å². The van der Waals surface area contributed by atoms with Gasteiger partial charge in [-0.3, -0.25) is 9.59 Å². The zero-order valence-corrected chi connectivity index (χ0v) is 17.6. The summed E-state index contributed by atoms with van der Waals surface area (Å²) in [5.74, 6) is 0.0638. The van der Waals surface area contributed by atoms with Crippen LogP contribution in [0.5, 0.6) is 0 Å². The number of hydrogen-bond acceptors (Lipinski definition) is 3. The molecule has 6 heteroatoms. The highest BCUT2D eigenvalue weighted by Gasteiger charge is 2.19. The van der Waals surface area contributed by atoms with Gasteiger partial charge < -0.3 is 19.5 Å². The van der Waals surface area contributed by atoms with E-state index in [4.69, 9.17) is 4.74 Å². The second-order valence-electron chi connectivity index (χ2n) is 7.29. The van der Waals surface area contributed by atoms with Crippen molar-refractivity contribution in [1.29, 1.82) is 0 Å². The summed E-state index contributed by atoms with van der Waals surface area (Å²) in [6, 6.07) is 9.52. The number of benzene rings is 1. The highest BCUT2D eigenvalue weighted by atomic mass is 16.5. The van der Waals surface area contributed by atoms with Crippen molar-refractivity contribution >= 4 is 11.7 Å². The van der Waals surface area contributed by atoms with E-state index in [0.29, 0.717) is 18.7 Å².